The van der Waals surface area contributed by atoms with Crippen molar-refractivity contribution in [2.24, 2.45) is 0 Å². The first-order chi connectivity index (χ1) is 15.9. The lowest BCUT2D eigenvalue weighted by Crippen LogP contribution is -2.30. The van der Waals surface area contributed by atoms with Crippen LogP contribution in [0.5, 0.6) is 5.75 Å². The van der Waals surface area contributed by atoms with Crippen molar-refractivity contribution in [2.45, 2.75) is 51.0 Å². The first-order valence-electron chi connectivity index (χ1n) is 11.0. The van der Waals surface area contributed by atoms with Crippen LogP contribution in [0.25, 0.3) is 0 Å². The van der Waals surface area contributed by atoms with Gasteiger partial charge in [-0.05, 0) is 80.1 Å². The maximum absolute atomic E-state index is 13.0. The predicted molar refractivity (Wildman–Crippen MR) is 136 cm³/mol. The lowest BCUT2D eigenvalue weighted by atomic mass is 9.73. The molecular weight excluding hydrogens is 616 g/mol. The summed E-state index contributed by atoms with van der Waals surface area (Å²) in [5.74, 6) is 1.93. The number of halogens is 3. The highest BCUT2D eigenvalue weighted by Crippen LogP contribution is 2.49. The molecule has 0 N–H and O–H groups in total. The van der Waals surface area contributed by atoms with Crippen LogP contribution in [0.4, 0.5) is 0 Å². The minimum atomic E-state index is -0.391. The van der Waals surface area contributed by atoms with E-state index in [0.717, 1.165) is 61.7 Å². The van der Waals surface area contributed by atoms with Gasteiger partial charge in [0.25, 0.3) is 0 Å². The van der Waals surface area contributed by atoms with Gasteiger partial charge in [-0.1, -0.05) is 28.1 Å². The van der Waals surface area contributed by atoms with Crippen molar-refractivity contribution in [3.63, 3.8) is 0 Å². The second kappa shape index (κ2) is 9.51. The number of carbonyl (C=O) groups is 2. The Morgan fingerprint density at radius 2 is 1.36 bits per heavy atom. The molecular formula is C26H21Br3O4. The molecule has 170 valence electrons. The SMILES string of the molecule is O=C1CCCC2=C1C(c1cc(Br)c(OCc3ccc(Br)cc3)c(Br)c1)C1=C(CCCC1=O)O2. The van der Waals surface area contributed by atoms with Crippen LogP contribution in [0.1, 0.15) is 55.6 Å². The molecule has 7 heteroatoms. The van der Waals surface area contributed by atoms with Crippen LogP contribution in [-0.4, -0.2) is 11.6 Å². The average Bonchev–Trinajstić information content (AvgIpc) is 2.79. The van der Waals surface area contributed by atoms with Gasteiger partial charge in [-0.3, -0.25) is 9.59 Å². The Labute approximate surface area is 217 Å². The van der Waals surface area contributed by atoms with Gasteiger partial charge in [0.15, 0.2) is 11.6 Å². The molecule has 5 rings (SSSR count). The number of benzene rings is 2. The Bertz CT molecular complexity index is 1150. The summed E-state index contributed by atoms with van der Waals surface area (Å²) in [4.78, 5) is 26.0. The molecule has 4 nitrogen and oxygen atoms in total. The van der Waals surface area contributed by atoms with Crippen LogP contribution in [0, 0.1) is 0 Å². The van der Waals surface area contributed by atoms with E-state index in [0.29, 0.717) is 36.3 Å². The lowest BCUT2D eigenvalue weighted by molar-refractivity contribution is -0.117. The van der Waals surface area contributed by atoms with E-state index in [2.05, 4.69) is 47.8 Å². The zero-order chi connectivity index (χ0) is 23.1. The van der Waals surface area contributed by atoms with Gasteiger partial charge in [0.2, 0.25) is 0 Å². The van der Waals surface area contributed by atoms with Crippen molar-refractivity contribution in [3.8, 4) is 5.75 Å². The highest BCUT2D eigenvalue weighted by Gasteiger charge is 2.42. The molecule has 0 saturated carbocycles. The predicted octanol–water partition coefficient (Wildman–Crippen LogP) is 7.68. The van der Waals surface area contributed by atoms with Gasteiger partial charge in [0, 0.05) is 47.2 Å². The fourth-order valence-corrected chi connectivity index (χ4v) is 6.49. The highest BCUT2D eigenvalue weighted by atomic mass is 79.9. The number of ketones is 2. The summed E-state index contributed by atoms with van der Waals surface area (Å²) in [5.41, 5.74) is 3.24. The van der Waals surface area contributed by atoms with Crippen LogP contribution in [0.3, 0.4) is 0 Å². The smallest absolute Gasteiger partial charge is 0.163 e. The molecule has 0 unspecified atom stereocenters. The Morgan fingerprint density at radius 1 is 0.818 bits per heavy atom. The Hall–Kier alpha value is -1.70. The molecule has 0 spiro atoms. The van der Waals surface area contributed by atoms with E-state index < -0.39 is 5.92 Å². The van der Waals surface area contributed by atoms with Gasteiger partial charge < -0.3 is 9.47 Å². The molecule has 0 aromatic heterocycles. The zero-order valence-corrected chi connectivity index (χ0v) is 22.5. The fourth-order valence-electron chi connectivity index (χ4n) is 4.77. The maximum Gasteiger partial charge on any atom is 0.163 e. The number of allylic oxidation sites excluding steroid dienone is 4. The molecule has 0 fully saturated rings. The number of ether oxygens (including phenoxy) is 2. The summed E-state index contributed by atoms with van der Waals surface area (Å²) < 4.78 is 14.8. The van der Waals surface area contributed by atoms with Crippen LogP contribution in [0.2, 0.25) is 0 Å². The minimum Gasteiger partial charge on any atom is -0.487 e. The molecule has 2 aliphatic carbocycles. The third-order valence-corrected chi connectivity index (χ3v) is 8.00. The third kappa shape index (κ3) is 4.52. The van der Waals surface area contributed by atoms with E-state index in [4.69, 9.17) is 9.47 Å². The van der Waals surface area contributed by atoms with Crippen LogP contribution in [0.15, 0.2) is 72.5 Å². The first-order valence-corrected chi connectivity index (χ1v) is 13.4. The summed E-state index contributed by atoms with van der Waals surface area (Å²) in [6.45, 7) is 0.419. The Balaban J connectivity index is 1.52. The van der Waals surface area contributed by atoms with E-state index in [1.54, 1.807) is 0 Å². The number of rotatable bonds is 4. The Morgan fingerprint density at radius 3 is 1.91 bits per heavy atom. The molecule has 0 radical (unpaired) electrons. The van der Waals surface area contributed by atoms with E-state index in [-0.39, 0.29) is 11.6 Å². The number of hydrogen-bond donors (Lipinski definition) is 0. The lowest BCUT2D eigenvalue weighted by Gasteiger charge is -2.36. The molecule has 33 heavy (non-hydrogen) atoms. The molecule has 0 saturated heterocycles. The first kappa shape index (κ1) is 23.1. The maximum atomic E-state index is 13.0. The van der Waals surface area contributed by atoms with E-state index in [1.807, 2.05) is 36.4 Å². The average molecular weight is 637 g/mol. The van der Waals surface area contributed by atoms with Crippen molar-refractivity contribution in [3.05, 3.63) is 83.6 Å². The highest BCUT2D eigenvalue weighted by molar-refractivity contribution is 9.11. The summed E-state index contributed by atoms with van der Waals surface area (Å²) in [5, 5.41) is 0. The fraction of sp³-hybridized carbons (Fsp3) is 0.308. The largest absolute Gasteiger partial charge is 0.487 e. The molecule has 0 bridgehead atoms. The van der Waals surface area contributed by atoms with Crippen LogP contribution >= 0.6 is 47.8 Å². The monoisotopic (exact) mass is 634 g/mol. The quantitative estimate of drug-likeness (QED) is 0.346. The molecule has 1 aliphatic heterocycles. The van der Waals surface area contributed by atoms with E-state index >= 15 is 0 Å². The molecule has 0 amide bonds. The van der Waals surface area contributed by atoms with Gasteiger partial charge in [0.1, 0.15) is 23.9 Å². The molecule has 2 aromatic carbocycles. The van der Waals surface area contributed by atoms with Gasteiger partial charge >= 0.3 is 0 Å². The third-order valence-electron chi connectivity index (χ3n) is 6.29. The standard InChI is InChI=1S/C26H21Br3O4/c27-16-9-7-14(8-10-16)13-32-26-17(28)11-15(12-18(26)29)23-24-19(30)3-1-5-21(24)33-22-6-2-4-20(31)25(22)23/h7-12,23H,1-6,13H2. The van der Waals surface area contributed by atoms with Crippen molar-refractivity contribution in [1.82, 2.24) is 0 Å². The summed E-state index contributed by atoms with van der Waals surface area (Å²) >= 11 is 10.8. The number of hydrogen-bond acceptors (Lipinski definition) is 4. The van der Waals surface area contributed by atoms with Crippen LogP contribution in [-0.2, 0) is 20.9 Å². The second-order valence-electron chi connectivity index (χ2n) is 8.49. The summed E-state index contributed by atoms with van der Waals surface area (Å²) in [6.07, 6.45) is 4.03. The zero-order valence-electron chi connectivity index (χ0n) is 17.8. The topological polar surface area (TPSA) is 52.6 Å². The minimum absolute atomic E-state index is 0.0778. The molecule has 1 heterocycles. The number of carbonyl (C=O) groups excluding carboxylic acids is 2. The van der Waals surface area contributed by atoms with Gasteiger partial charge in [-0.25, -0.2) is 0 Å². The summed E-state index contributed by atoms with van der Waals surface area (Å²) in [7, 11) is 0. The normalized spacial score (nSPS) is 18.8. The summed E-state index contributed by atoms with van der Waals surface area (Å²) in [6, 6.07) is 11.9. The van der Waals surface area contributed by atoms with Gasteiger partial charge in [-0.2, -0.15) is 0 Å². The van der Waals surface area contributed by atoms with E-state index in [9.17, 15) is 9.59 Å². The molecule has 0 atom stereocenters. The van der Waals surface area contributed by atoms with Crippen molar-refractivity contribution < 1.29 is 19.1 Å². The number of Topliss-reactive ketones (excluding diaryl/α,β-unsaturated/α-hetero) is 2. The molecule has 2 aromatic rings. The van der Waals surface area contributed by atoms with Gasteiger partial charge in [0.05, 0.1) is 8.95 Å². The molecule has 3 aliphatic rings. The second-order valence-corrected chi connectivity index (χ2v) is 11.1. The van der Waals surface area contributed by atoms with Crippen LogP contribution < -0.4 is 4.74 Å². The van der Waals surface area contributed by atoms with Crippen molar-refractivity contribution in [1.29, 1.82) is 0 Å². The van der Waals surface area contributed by atoms with Gasteiger partial charge in [-0.15, -0.1) is 0 Å². The van der Waals surface area contributed by atoms with E-state index in [1.165, 1.54) is 0 Å². The van der Waals surface area contributed by atoms with Crippen molar-refractivity contribution >= 4 is 59.4 Å². The Kier molecular flexibility index (Phi) is 6.65. The van der Waals surface area contributed by atoms with Crippen molar-refractivity contribution in [2.75, 3.05) is 0 Å².